The molecule has 2 atom stereocenters. The molecule has 2 heteroatoms. The summed E-state index contributed by atoms with van der Waals surface area (Å²) in [6.45, 7) is 11.7. The van der Waals surface area contributed by atoms with Crippen molar-refractivity contribution in [1.82, 2.24) is 0 Å². The molecule has 0 spiro atoms. The second-order valence-electron chi connectivity index (χ2n) is 17.8. The molecule has 7 rings (SSSR count). The molecule has 0 saturated heterocycles. The zero-order valence-corrected chi connectivity index (χ0v) is 38.9. The van der Waals surface area contributed by atoms with Crippen LogP contribution in [0.3, 0.4) is 0 Å². The lowest BCUT2D eigenvalue weighted by Gasteiger charge is -2.30. The van der Waals surface area contributed by atoms with E-state index in [1.807, 2.05) is 12.1 Å². The van der Waals surface area contributed by atoms with Crippen LogP contribution in [0.4, 0.5) is 0 Å². The third-order valence-electron chi connectivity index (χ3n) is 13.7. The van der Waals surface area contributed by atoms with Gasteiger partial charge < -0.3 is 0 Å². The van der Waals surface area contributed by atoms with Crippen molar-refractivity contribution in [2.75, 3.05) is 0 Å². The van der Waals surface area contributed by atoms with Crippen LogP contribution < -0.4 is 15.6 Å². The minimum atomic E-state index is -2.43. The van der Waals surface area contributed by atoms with Gasteiger partial charge in [-0.3, -0.25) is 4.79 Å². The monoisotopic (exact) mass is 830 g/mol. The van der Waals surface area contributed by atoms with Gasteiger partial charge in [0.15, 0.2) is 0 Å². The van der Waals surface area contributed by atoms with Crippen molar-refractivity contribution in [2.45, 2.75) is 98.5 Å². The predicted molar refractivity (Wildman–Crippen MR) is 271 cm³/mol. The van der Waals surface area contributed by atoms with E-state index in [0.29, 0.717) is 5.56 Å². The molecule has 62 heavy (non-hydrogen) atoms. The summed E-state index contributed by atoms with van der Waals surface area (Å²) in [5.41, 5.74) is 13.5. The van der Waals surface area contributed by atoms with E-state index >= 15 is 0 Å². The molecular formula is C60H66OSi. The number of hydrogen-bond donors (Lipinski definition) is 0. The Bertz CT molecular complexity index is 2280. The van der Waals surface area contributed by atoms with E-state index in [9.17, 15) is 4.79 Å². The van der Waals surface area contributed by atoms with Gasteiger partial charge in [-0.15, -0.1) is 0 Å². The third-order valence-corrected chi connectivity index (χ3v) is 18.2. The average molecular weight is 831 g/mol. The van der Waals surface area contributed by atoms with E-state index in [2.05, 4.69) is 192 Å². The summed E-state index contributed by atoms with van der Waals surface area (Å²) in [6, 6.07) is 63.2. The molecule has 2 unspecified atom stereocenters. The summed E-state index contributed by atoms with van der Waals surface area (Å²) in [6.07, 6.45) is 13.6. The fraction of sp³-hybridized carbons (Fsp3) is 0.283. The fourth-order valence-electron chi connectivity index (χ4n) is 9.32. The average Bonchev–Trinajstić information content (AvgIpc) is 3.34. The Morgan fingerprint density at radius 2 is 0.645 bits per heavy atom. The van der Waals surface area contributed by atoms with Gasteiger partial charge in [0.2, 0.25) is 0 Å². The highest BCUT2D eigenvalue weighted by atomic mass is 28.3. The number of carbonyl (C=O) groups is 1. The Balaban J connectivity index is 1.07. The molecule has 7 aromatic rings. The SMILES string of the molecule is CCCCC(CC)Cc1ccc(-c2ccc(-c3ccc([Si](C)(c4ccc(C=O)cc4)c4ccc(-c5ccc(-c6ccc(CC(CC)CCCC)cc6)cc5)cc4)cc3)cc2)cc1. The number of rotatable bonds is 20. The number of benzene rings is 7. The first kappa shape index (κ1) is 44.5. The first-order valence-electron chi connectivity index (χ1n) is 23.5. The van der Waals surface area contributed by atoms with Crippen LogP contribution >= 0.6 is 0 Å². The van der Waals surface area contributed by atoms with Gasteiger partial charge in [0, 0.05) is 5.56 Å². The molecule has 0 N–H and O–H groups in total. The quantitative estimate of drug-likeness (QED) is 0.0425. The highest BCUT2D eigenvalue weighted by molar-refractivity contribution is 7.10. The zero-order chi connectivity index (χ0) is 43.3. The third kappa shape index (κ3) is 10.7. The van der Waals surface area contributed by atoms with Crippen LogP contribution in [0.1, 0.15) is 101 Å². The van der Waals surface area contributed by atoms with E-state index in [1.165, 1.54) is 135 Å². The van der Waals surface area contributed by atoms with Crippen LogP contribution in [0.2, 0.25) is 6.55 Å². The second kappa shape index (κ2) is 21.5. The van der Waals surface area contributed by atoms with Crippen molar-refractivity contribution in [1.29, 1.82) is 0 Å². The number of aldehydes is 1. The number of hydrogen-bond acceptors (Lipinski definition) is 1. The van der Waals surface area contributed by atoms with Crippen molar-refractivity contribution in [2.24, 2.45) is 11.8 Å². The van der Waals surface area contributed by atoms with Crippen molar-refractivity contribution >= 4 is 29.9 Å². The van der Waals surface area contributed by atoms with Gasteiger partial charge in [0.1, 0.15) is 14.4 Å². The molecule has 0 fully saturated rings. The van der Waals surface area contributed by atoms with Gasteiger partial charge in [-0.25, -0.2) is 0 Å². The van der Waals surface area contributed by atoms with Crippen LogP contribution in [-0.2, 0) is 12.8 Å². The van der Waals surface area contributed by atoms with E-state index < -0.39 is 8.07 Å². The topological polar surface area (TPSA) is 17.1 Å². The molecule has 7 aromatic carbocycles. The predicted octanol–water partition coefficient (Wildman–Crippen LogP) is 14.8. The molecule has 0 aliphatic carbocycles. The summed E-state index contributed by atoms with van der Waals surface area (Å²) in [5, 5.41) is 3.96. The Morgan fingerprint density at radius 3 is 0.903 bits per heavy atom. The van der Waals surface area contributed by atoms with Gasteiger partial charge in [-0.1, -0.05) is 255 Å². The summed E-state index contributed by atoms with van der Waals surface area (Å²) < 4.78 is 0. The van der Waals surface area contributed by atoms with Gasteiger partial charge >= 0.3 is 0 Å². The van der Waals surface area contributed by atoms with Crippen molar-refractivity contribution in [3.63, 3.8) is 0 Å². The van der Waals surface area contributed by atoms with Crippen molar-refractivity contribution in [3.05, 3.63) is 187 Å². The van der Waals surface area contributed by atoms with Crippen molar-refractivity contribution < 1.29 is 4.79 Å². The first-order valence-corrected chi connectivity index (χ1v) is 26.0. The van der Waals surface area contributed by atoms with Gasteiger partial charge in [-0.05, 0) is 95.9 Å². The normalized spacial score (nSPS) is 13.3. The summed E-state index contributed by atoms with van der Waals surface area (Å²) in [5.74, 6) is 1.55. The molecule has 0 aliphatic heterocycles. The maximum atomic E-state index is 11.6. The summed E-state index contributed by atoms with van der Waals surface area (Å²) in [4.78, 5) is 11.6. The summed E-state index contributed by atoms with van der Waals surface area (Å²) >= 11 is 0. The number of unbranched alkanes of at least 4 members (excludes halogenated alkanes) is 2. The Hall–Kier alpha value is -5.57. The van der Waals surface area contributed by atoms with E-state index in [4.69, 9.17) is 0 Å². The molecule has 1 nitrogen and oxygen atoms in total. The maximum absolute atomic E-state index is 11.6. The minimum Gasteiger partial charge on any atom is -0.298 e. The molecule has 0 heterocycles. The molecule has 0 amide bonds. The van der Waals surface area contributed by atoms with Crippen molar-refractivity contribution in [3.8, 4) is 44.5 Å². The molecule has 0 radical (unpaired) electrons. The Labute approximate surface area is 374 Å². The second-order valence-corrected chi connectivity index (χ2v) is 21.8. The van der Waals surface area contributed by atoms with Crippen LogP contribution in [0.5, 0.6) is 0 Å². The first-order chi connectivity index (χ1) is 30.3. The van der Waals surface area contributed by atoms with Gasteiger partial charge in [-0.2, -0.15) is 0 Å². The van der Waals surface area contributed by atoms with Crippen LogP contribution in [0, 0.1) is 11.8 Å². The lowest BCUT2D eigenvalue weighted by molar-refractivity contribution is 0.112. The standard InChI is InChI=1S/C60H66OSi/c1-6-10-12-45(8-3)42-47-14-20-50(21-15-47)52-24-28-54(29-25-52)56-32-38-59(39-33-56)62(5,58-36-18-49(44-61)19-37-58)60-40-34-57(35-41-60)55-30-26-53(27-31-55)51-22-16-48(17-23-51)43-46(9-4)13-11-7-2/h14-41,44-46H,6-13,42-43H2,1-5H3. The number of carbonyl (C=O) groups excluding carboxylic acids is 1. The lowest BCUT2D eigenvalue weighted by Crippen LogP contribution is -2.64. The molecule has 0 aliphatic rings. The molecule has 0 saturated carbocycles. The van der Waals surface area contributed by atoms with Gasteiger partial charge in [0.25, 0.3) is 0 Å². The lowest BCUT2D eigenvalue weighted by atomic mass is 9.91. The smallest absolute Gasteiger partial charge is 0.150 e. The van der Waals surface area contributed by atoms with E-state index in [0.717, 1.165) is 18.1 Å². The van der Waals surface area contributed by atoms with Gasteiger partial charge in [0.05, 0.1) is 0 Å². The Morgan fingerprint density at radius 1 is 0.387 bits per heavy atom. The largest absolute Gasteiger partial charge is 0.298 e. The highest BCUT2D eigenvalue weighted by Crippen LogP contribution is 2.29. The van der Waals surface area contributed by atoms with Crippen LogP contribution in [0.25, 0.3) is 44.5 Å². The molecule has 0 bridgehead atoms. The Kier molecular flexibility index (Phi) is 15.4. The van der Waals surface area contributed by atoms with E-state index in [-0.39, 0.29) is 0 Å². The molecule has 0 aromatic heterocycles. The molecular weight excluding hydrogens is 765 g/mol. The highest BCUT2D eigenvalue weighted by Gasteiger charge is 2.34. The van der Waals surface area contributed by atoms with E-state index in [1.54, 1.807) is 0 Å². The maximum Gasteiger partial charge on any atom is 0.150 e. The zero-order valence-electron chi connectivity index (χ0n) is 37.9. The van der Waals surface area contributed by atoms with Crippen LogP contribution in [-0.4, -0.2) is 14.4 Å². The minimum absolute atomic E-state index is 0.703. The summed E-state index contributed by atoms with van der Waals surface area (Å²) in [7, 11) is -2.43. The molecule has 316 valence electrons. The fourth-order valence-corrected chi connectivity index (χ4v) is 12.8. The van der Waals surface area contributed by atoms with Crippen LogP contribution in [0.15, 0.2) is 170 Å².